The smallest absolute Gasteiger partial charge is 0.548 e. The van der Waals surface area contributed by atoms with Crippen molar-refractivity contribution in [2.45, 2.75) is 45.1 Å². The maximum atomic E-state index is 11.5. The zero-order valence-corrected chi connectivity index (χ0v) is 17.3. The number of rotatable bonds is 6. The molecule has 1 N–H and O–H groups in total. The van der Waals surface area contributed by atoms with Crippen LogP contribution in [0.3, 0.4) is 0 Å². The number of carboxylic acid groups (broad SMARTS) is 1. The molecule has 0 spiro atoms. The largest absolute Gasteiger partial charge is 1.00 e. The van der Waals surface area contributed by atoms with Gasteiger partial charge in [0.25, 0.3) is 0 Å². The van der Waals surface area contributed by atoms with E-state index >= 15 is 0 Å². The van der Waals surface area contributed by atoms with Gasteiger partial charge in [0.2, 0.25) is 0 Å². The Balaban J connectivity index is 0.00000225. The molecule has 0 aliphatic heterocycles. The van der Waals surface area contributed by atoms with Gasteiger partial charge in [-0.25, -0.2) is 0 Å². The van der Waals surface area contributed by atoms with Crippen LogP contribution in [0.25, 0.3) is 10.8 Å². The Kier molecular flexibility index (Phi) is 7.95. The molecule has 0 heterocycles. The predicted octanol–water partition coefficient (Wildman–Crippen LogP) is -0.0793. The summed E-state index contributed by atoms with van der Waals surface area (Å²) in [5, 5.41) is 17.1. The molecule has 1 aliphatic carbocycles. The van der Waals surface area contributed by atoms with E-state index in [1.807, 2.05) is 18.2 Å². The minimum Gasteiger partial charge on any atom is -0.548 e. The molecule has 0 aromatic heterocycles. The van der Waals surface area contributed by atoms with Crippen LogP contribution in [0.1, 0.15) is 38.2 Å². The summed E-state index contributed by atoms with van der Waals surface area (Å²) in [6.07, 6.45) is 5.38. The van der Waals surface area contributed by atoms with E-state index in [0.29, 0.717) is 12.3 Å². The van der Waals surface area contributed by atoms with Crippen LogP contribution >= 0.6 is 0 Å². The molecule has 2 aromatic rings. The van der Waals surface area contributed by atoms with Crippen LogP contribution in [-0.2, 0) is 11.2 Å². The Labute approximate surface area is 172 Å². The number of nitrogens with one attached hydrogen (secondary N) is 1. The first-order chi connectivity index (χ1) is 11.6. The third-order valence-corrected chi connectivity index (χ3v) is 5.33. The van der Waals surface area contributed by atoms with Crippen molar-refractivity contribution in [2.75, 3.05) is 6.54 Å². The molecule has 4 heteroatoms. The van der Waals surface area contributed by atoms with E-state index in [1.54, 1.807) is 0 Å². The van der Waals surface area contributed by atoms with E-state index in [4.69, 9.17) is 0 Å². The SMILES string of the molecule is CC1CCC(CN[C@@H](Cc2ccc3ccccc3c2)C(=O)[O-])CC1.[Na+]. The zero-order chi connectivity index (χ0) is 16.9. The van der Waals surface area contributed by atoms with E-state index in [0.717, 1.165) is 23.4 Å². The van der Waals surface area contributed by atoms with Crippen molar-refractivity contribution >= 4 is 16.7 Å². The summed E-state index contributed by atoms with van der Waals surface area (Å²) >= 11 is 0. The van der Waals surface area contributed by atoms with Gasteiger partial charge in [-0.3, -0.25) is 0 Å². The van der Waals surface area contributed by atoms with E-state index in [2.05, 4.69) is 36.5 Å². The van der Waals surface area contributed by atoms with Crippen molar-refractivity contribution in [1.29, 1.82) is 0 Å². The van der Waals surface area contributed by atoms with Crippen LogP contribution in [0.2, 0.25) is 0 Å². The third-order valence-electron chi connectivity index (χ3n) is 5.33. The molecule has 0 saturated heterocycles. The van der Waals surface area contributed by atoms with Crippen molar-refractivity contribution in [3.8, 4) is 0 Å². The number of hydrogen-bond donors (Lipinski definition) is 1. The summed E-state index contributed by atoms with van der Waals surface area (Å²) in [6, 6.07) is 13.7. The maximum absolute atomic E-state index is 11.5. The van der Waals surface area contributed by atoms with Crippen LogP contribution in [0.4, 0.5) is 0 Å². The minimum absolute atomic E-state index is 0. The fraction of sp³-hybridized carbons (Fsp3) is 0.476. The Morgan fingerprint density at radius 3 is 2.48 bits per heavy atom. The van der Waals surface area contributed by atoms with Crippen molar-refractivity contribution < 1.29 is 39.5 Å². The molecule has 0 radical (unpaired) electrons. The van der Waals surface area contributed by atoms with Gasteiger partial charge in [0.1, 0.15) is 0 Å². The normalized spacial score (nSPS) is 21.5. The van der Waals surface area contributed by atoms with Crippen molar-refractivity contribution in [2.24, 2.45) is 11.8 Å². The van der Waals surface area contributed by atoms with Crippen LogP contribution in [0, 0.1) is 11.8 Å². The molecule has 0 bridgehead atoms. The summed E-state index contributed by atoms with van der Waals surface area (Å²) in [5.41, 5.74) is 1.03. The molecule has 1 aliphatic rings. The monoisotopic (exact) mass is 347 g/mol. The molecular formula is C21H26NNaO2. The molecule has 1 atom stereocenters. The van der Waals surface area contributed by atoms with Gasteiger partial charge in [-0.2, -0.15) is 0 Å². The maximum Gasteiger partial charge on any atom is 1.00 e. The third kappa shape index (κ3) is 5.82. The Bertz CT molecular complexity index is 695. The summed E-state index contributed by atoms with van der Waals surface area (Å²) in [6.45, 7) is 3.08. The molecule has 3 nitrogen and oxygen atoms in total. The number of fused-ring (bicyclic) bond motifs is 1. The van der Waals surface area contributed by atoms with Crippen LogP contribution in [0.5, 0.6) is 0 Å². The first-order valence-electron chi connectivity index (χ1n) is 9.03. The first kappa shape index (κ1) is 20.4. The van der Waals surface area contributed by atoms with Crippen molar-refractivity contribution in [3.63, 3.8) is 0 Å². The quantitative estimate of drug-likeness (QED) is 0.744. The van der Waals surface area contributed by atoms with Gasteiger partial charge in [-0.1, -0.05) is 62.2 Å². The van der Waals surface area contributed by atoms with Crippen molar-refractivity contribution in [1.82, 2.24) is 5.32 Å². The van der Waals surface area contributed by atoms with Gasteiger partial charge in [0, 0.05) is 0 Å². The summed E-state index contributed by atoms with van der Waals surface area (Å²) in [7, 11) is 0. The molecule has 1 saturated carbocycles. The minimum atomic E-state index is -1.01. The van der Waals surface area contributed by atoms with Crippen molar-refractivity contribution in [3.05, 3.63) is 48.0 Å². The topological polar surface area (TPSA) is 52.2 Å². The number of carbonyl (C=O) groups excluding carboxylic acids is 1. The molecule has 0 unspecified atom stereocenters. The van der Waals surface area contributed by atoms with E-state index in [1.165, 1.54) is 31.1 Å². The molecule has 2 aromatic carbocycles. The van der Waals surface area contributed by atoms with Crippen LogP contribution in [-0.4, -0.2) is 18.6 Å². The number of carbonyl (C=O) groups is 1. The summed E-state index contributed by atoms with van der Waals surface area (Å²) < 4.78 is 0. The Morgan fingerprint density at radius 2 is 1.80 bits per heavy atom. The van der Waals surface area contributed by atoms with Gasteiger partial charge in [-0.15, -0.1) is 0 Å². The van der Waals surface area contributed by atoms with Gasteiger partial charge in [0.15, 0.2) is 0 Å². The second kappa shape index (κ2) is 9.72. The molecular weight excluding hydrogens is 321 g/mol. The second-order valence-electron chi connectivity index (χ2n) is 7.29. The van der Waals surface area contributed by atoms with Gasteiger partial charge < -0.3 is 15.2 Å². The van der Waals surface area contributed by atoms with Gasteiger partial charge in [0.05, 0.1) is 12.0 Å². The molecule has 25 heavy (non-hydrogen) atoms. The zero-order valence-electron chi connectivity index (χ0n) is 15.3. The van der Waals surface area contributed by atoms with E-state index in [-0.39, 0.29) is 29.6 Å². The average molecular weight is 347 g/mol. The summed E-state index contributed by atoms with van der Waals surface area (Å²) in [5.74, 6) is 0.405. The Morgan fingerprint density at radius 1 is 1.12 bits per heavy atom. The van der Waals surface area contributed by atoms with Crippen LogP contribution < -0.4 is 40.0 Å². The first-order valence-corrected chi connectivity index (χ1v) is 9.03. The second-order valence-corrected chi connectivity index (χ2v) is 7.29. The number of hydrogen-bond acceptors (Lipinski definition) is 3. The molecule has 0 amide bonds. The molecule has 1 fully saturated rings. The van der Waals surface area contributed by atoms with Gasteiger partial charge in [-0.05, 0) is 54.0 Å². The average Bonchev–Trinajstić information content (AvgIpc) is 2.59. The van der Waals surface area contributed by atoms with Gasteiger partial charge >= 0.3 is 29.6 Å². The number of aliphatic carboxylic acids is 1. The molecule has 3 rings (SSSR count). The standard InChI is InChI=1S/C21H27NO2.Na/c1-15-6-8-16(9-7-15)14-22-20(21(23)24)13-17-10-11-18-4-2-3-5-19(18)12-17;/h2-5,10-12,15-16,20,22H,6-9,13-14H2,1H3,(H,23,24);/q;+1/p-1/t15?,16?,20-;/m0./s1. The summed E-state index contributed by atoms with van der Waals surface area (Å²) in [4.78, 5) is 11.5. The fourth-order valence-corrected chi connectivity index (χ4v) is 3.68. The fourth-order valence-electron chi connectivity index (χ4n) is 3.68. The van der Waals surface area contributed by atoms with E-state index < -0.39 is 12.0 Å². The number of benzene rings is 2. The Hall–Kier alpha value is -0.870. The molecule has 128 valence electrons. The number of carboxylic acids is 1. The predicted molar refractivity (Wildman–Crippen MR) is 95.6 cm³/mol. The van der Waals surface area contributed by atoms with E-state index in [9.17, 15) is 9.90 Å². The van der Waals surface area contributed by atoms with Crippen LogP contribution in [0.15, 0.2) is 42.5 Å².